The highest BCUT2D eigenvalue weighted by atomic mass is 32.1. The summed E-state index contributed by atoms with van der Waals surface area (Å²) in [5, 5.41) is 21.1. The third kappa shape index (κ3) is 7.50. The standard InChI is InChI=1S/C39H19F3N4O6S2/c1-7-21-8-22(10-24(9-21)50-37(47)18(2)40)31-14-27-33(29(16-43)45-5)28-15-32(54-36(28)34(35(27)53-31)30(17-44)46-6)23-11-25(51-38(48)19(3)41)13-26(12-23)52-39(49)20(4)42/h8-15H,2-4,7H2,1H3/b33-29-,34-30-. The van der Waals surface area contributed by atoms with Gasteiger partial charge < -0.3 is 14.2 Å². The summed E-state index contributed by atoms with van der Waals surface area (Å²) in [5.41, 5.74) is 0.704. The zero-order valence-corrected chi connectivity index (χ0v) is 29.3. The Bertz CT molecular complexity index is 2670. The maximum Gasteiger partial charge on any atom is 0.371 e. The van der Waals surface area contributed by atoms with Crippen LogP contribution in [0.15, 0.2) is 85.7 Å². The molecule has 0 saturated carbocycles. The number of esters is 3. The van der Waals surface area contributed by atoms with Crippen molar-refractivity contribution in [2.45, 2.75) is 13.3 Å². The summed E-state index contributed by atoms with van der Waals surface area (Å²) >= 11 is 2.11. The third-order valence-electron chi connectivity index (χ3n) is 7.49. The number of fused-ring (bicyclic) bond motifs is 2. The number of benzene rings is 3. The first kappa shape index (κ1) is 37.9. The molecule has 0 saturated heterocycles. The summed E-state index contributed by atoms with van der Waals surface area (Å²) in [6.07, 6.45) is 0.495. The van der Waals surface area contributed by atoms with E-state index in [4.69, 9.17) is 27.4 Å². The van der Waals surface area contributed by atoms with E-state index < -0.39 is 35.4 Å². The van der Waals surface area contributed by atoms with Gasteiger partial charge in [-0.05, 0) is 70.3 Å². The van der Waals surface area contributed by atoms with E-state index >= 15 is 0 Å². The van der Waals surface area contributed by atoms with Gasteiger partial charge in [-0.15, -0.1) is 22.7 Å². The van der Waals surface area contributed by atoms with E-state index in [0.29, 0.717) is 42.1 Å². The average Bonchev–Trinajstić information content (AvgIpc) is 3.78. The van der Waals surface area contributed by atoms with Crippen LogP contribution in [-0.2, 0) is 20.8 Å². The number of carbonyl (C=O) groups excluding carboxylic acids is 3. The lowest BCUT2D eigenvalue weighted by Crippen LogP contribution is -2.14. The van der Waals surface area contributed by atoms with Crippen molar-refractivity contribution in [3.63, 3.8) is 0 Å². The summed E-state index contributed by atoms with van der Waals surface area (Å²) in [6, 6.07) is 15.4. The smallest absolute Gasteiger partial charge is 0.371 e. The second-order valence-electron chi connectivity index (χ2n) is 10.9. The van der Waals surface area contributed by atoms with Crippen LogP contribution in [0, 0.1) is 35.8 Å². The van der Waals surface area contributed by atoms with Crippen LogP contribution in [0.1, 0.15) is 12.5 Å². The molecule has 0 aliphatic carbocycles. The van der Waals surface area contributed by atoms with Crippen molar-refractivity contribution in [3.8, 4) is 50.3 Å². The lowest BCUT2D eigenvalue weighted by atomic mass is 10.0. The number of rotatable bonds is 9. The Morgan fingerprint density at radius 3 is 1.43 bits per heavy atom. The molecule has 0 N–H and O–H groups in total. The minimum absolute atomic E-state index is 0.0252. The molecule has 5 rings (SSSR count). The quantitative estimate of drug-likeness (QED) is 0.0634. The monoisotopic (exact) mass is 760 g/mol. The molecule has 0 bridgehead atoms. The molecule has 3 aromatic carbocycles. The second-order valence-corrected chi connectivity index (χ2v) is 13.0. The summed E-state index contributed by atoms with van der Waals surface area (Å²) < 4.78 is 56.4. The molecule has 5 aromatic rings. The number of hydrogen-bond donors (Lipinski definition) is 0. The number of nitrogens with zero attached hydrogens (tertiary/aromatic N) is 4. The van der Waals surface area contributed by atoms with Crippen LogP contribution in [0.2, 0.25) is 0 Å². The Morgan fingerprint density at radius 1 is 0.667 bits per heavy atom. The molecular formula is C39H19F3N4O6S2. The molecule has 0 atom stereocenters. The van der Waals surface area contributed by atoms with Crippen molar-refractivity contribution in [1.29, 1.82) is 10.5 Å². The summed E-state index contributed by atoms with van der Waals surface area (Å²) in [5.74, 6) is -9.02. The molecule has 0 radical (unpaired) electrons. The predicted molar refractivity (Wildman–Crippen MR) is 196 cm³/mol. The number of halogens is 3. The van der Waals surface area contributed by atoms with Gasteiger partial charge in [0.1, 0.15) is 17.2 Å². The van der Waals surface area contributed by atoms with E-state index in [1.165, 1.54) is 24.3 Å². The van der Waals surface area contributed by atoms with Crippen molar-refractivity contribution in [2.75, 3.05) is 0 Å². The van der Waals surface area contributed by atoms with E-state index in [0.717, 1.165) is 28.7 Å². The van der Waals surface area contributed by atoms with Crippen LogP contribution in [0.5, 0.6) is 17.2 Å². The first-order valence-electron chi connectivity index (χ1n) is 15.1. The molecule has 10 nitrogen and oxygen atoms in total. The highest BCUT2D eigenvalue weighted by Crippen LogP contribution is 2.40. The predicted octanol–water partition coefficient (Wildman–Crippen LogP) is 8.28. The van der Waals surface area contributed by atoms with Gasteiger partial charge >= 0.3 is 17.9 Å². The van der Waals surface area contributed by atoms with E-state index in [1.807, 2.05) is 19.1 Å². The molecule has 54 heavy (non-hydrogen) atoms. The van der Waals surface area contributed by atoms with Crippen LogP contribution >= 0.6 is 22.7 Å². The van der Waals surface area contributed by atoms with Gasteiger partial charge in [0.25, 0.3) is 11.4 Å². The first-order valence-corrected chi connectivity index (χ1v) is 16.7. The van der Waals surface area contributed by atoms with Crippen molar-refractivity contribution in [2.24, 2.45) is 0 Å². The van der Waals surface area contributed by atoms with Crippen LogP contribution in [0.25, 0.3) is 62.1 Å². The molecule has 0 unspecified atom stereocenters. The second kappa shape index (κ2) is 15.5. The van der Waals surface area contributed by atoms with Gasteiger partial charge in [-0.2, -0.15) is 13.2 Å². The summed E-state index contributed by atoms with van der Waals surface area (Å²) in [6.45, 7) is 26.3. The fourth-order valence-corrected chi connectivity index (χ4v) is 7.66. The SMILES string of the molecule is [C-]#[N+]/C(C#N)=c1/c2cc(-c3cc(CC)cc(OC(=O)C(=C)F)c3)sc2/c(=C(\C#N)[N+]#[C-])c2sc(-c3cc(OC(=O)C(=C)F)cc(OC(=O)C(=C)F)c3)cc12. The van der Waals surface area contributed by atoms with Crippen LogP contribution < -0.4 is 24.6 Å². The highest BCUT2D eigenvalue weighted by molar-refractivity contribution is 7.24. The van der Waals surface area contributed by atoms with E-state index in [2.05, 4.69) is 29.4 Å². The molecule has 2 aromatic heterocycles. The van der Waals surface area contributed by atoms with Gasteiger partial charge in [0, 0.05) is 35.7 Å². The van der Waals surface area contributed by atoms with E-state index in [-0.39, 0.29) is 50.0 Å². The average molecular weight is 761 g/mol. The zero-order chi connectivity index (χ0) is 39.4. The number of hydrogen-bond acceptors (Lipinski definition) is 10. The van der Waals surface area contributed by atoms with E-state index in [9.17, 15) is 38.1 Å². The van der Waals surface area contributed by atoms with Gasteiger partial charge in [0.05, 0.1) is 25.3 Å². The fourth-order valence-electron chi connectivity index (χ4n) is 5.19. The van der Waals surface area contributed by atoms with Crippen molar-refractivity contribution >= 4 is 72.1 Å². The molecule has 0 aliphatic heterocycles. The van der Waals surface area contributed by atoms with Gasteiger partial charge in [-0.3, -0.25) is 0 Å². The summed E-state index contributed by atoms with van der Waals surface area (Å²) in [7, 11) is 0. The molecular weight excluding hydrogens is 742 g/mol. The Labute approximate surface area is 311 Å². The molecule has 0 aliphatic rings. The minimum atomic E-state index is -1.46. The third-order valence-corrected chi connectivity index (χ3v) is 9.89. The zero-order valence-electron chi connectivity index (χ0n) is 27.6. The Kier molecular flexibility index (Phi) is 10.9. The molecule has 0 spiro atoms. The van der Waals surface area contributed by atoms with Crippen LogP contribution in [-0.4, -0.2) is 17.9 Å². The lowest BCUT2D eigenvalue weighted by molar-refractivity contribution is -0.132. The number of carbonyl (C=O) groups is 3. The maximum atomic E-state index is 13.6. The maximum absolute atomic E-state index is 13.6. The number of nitriles is 2. The minimum Gasteiger partial charge on any atom is -0.421 e. The molecule has 2 heterocycles. The van der Waals surface area contributed by atoms with Crippen molar-refractivity contribution in [1.82, 2.24) is 0 Å². The molecule has 0 fully saturated rings. The normalized spacial score (nSPS) is 11.6. The Hall–Kier alpha value is -7.30. The Morgan fingerprint density at radius 2 is 1.06 bits per heavy atom. The highest BCUT2D eigenvalue weighted by Gasteiger charge is 2.22. The van der Waals surface area contributed by atoms with Gasteiger partial charge in [-0.25, -0.2) is 34.6 Å². The van der Waals surface area contributed by atoms with Crippen LogP contribution in [0.4, 0.5) is 13.2 Å². The largest absolute Gasteiger partial charge is 0.421 e. The van der Waals surface area contributed by atoms with Crippen molar-refractivity contribution in [3.05, 3.63) is 125 Å². The molecule has 15 heteroatoms. The van der Waals surface area contributed by atoms with Gasteiger partial charge in [0.15, 0.2) is 0 Å². The van der Waals surface area contributed by atoms with Crippen molar-refractivity contribution < 1.29 is 41.8 Å². The fraction of sp³-hybridized carbons (Fsp3) is 0.0513. The topological polar surface area (TPSA) is 135 Å². The molecule has 264 valence electrons. The lowest BCUT2D eigenvalue weighted by Gasteiger charge is -2.09. The van der Waals surface area contributed by atoms with Crippen LogP contribution in [0.3, 0.4) is 0 Å². The van der Waals surface area contributed by atoms with E-state index in [1.54, 1.807) is 18.2 Å². The molecule has 0 amide bonds. The summed E-state index contributed by atoms with van der Waals surface area (Å²) in [4.78, 5) is 43.8. The number of thiophene rings is 2. The Balaban J connectivity index is 1.89. The van der Waals surface area contributed by atoms with Gasteiger partial charge in [0.2, 0.25) is 17.5 Å². The van der Waals surface area contributed by atoms with Gasteiger partial charge in [-0.1, -0.05) is 32.7 Å². The first-order chi connectivity index (χ1) is 25.7. The number of ether oxygens (including phenoxy) is 3. The number of aryl methyl sites for hydroxylation is 1.